The Bertz CT molecular complexity index is 529. The topological polar surface area (TPSA) is 45.2 Å². The van der Waals surface area contributed by atoms with E-state index in [4.69, 9.17) is 17.0 Å². The third kappa shape index (κ3) is 12.2. The Morgan fingerprint density at radius 2 is 1.63 bits per heavy atom. The Kier molecular flexibility index (Phi) is 13.5. The summed E-state index contributed by atoms with van der Waals surface area (Å²) < 4.78 is 6.24. The molecule has 1 heterocycles. The molecule has 0 spiro atoms. The van der Waals surface area contributed by atoms with E-state index in [1.807, 2.05) is 12.1 Å². The van der Waals surface area contributed by atoms with Gasteiger partial charge in [-0.1, -0.05) is 104 Å². The van der Waals surface area contributed by atoms with E-state index in [-0.39, 0.29) is 0 Å². The van der Waals surface area contributed by atoms with Gasteiger partial charge in [-0.15, -0.1) is 0 Å². The molecule has 0 fully saturated rings. The molecule has 3 nitrogen and oxygen atoms in total. The third-order valence-electron chi connectivity index (χ3n) is 5.19. The summed E-state index contributed by atoms with van der Waals surface area (Å²) in [6.45, 7) is 6.84. The molecule has 0 aliphatic rings. The fourth-order valence-corrected chi connectivity index (χ4v) is 3.74. The molecule has 2 unspecified atom stereocenters. The Hall–Kier alpha value is -0.870. The number of aliphatic hydroxyl groups excluding tert-OH is 1. The van der Waals surface area contributed by atoms with Gasteiger partial charge in [0.1, 0.15) is 4.64 Å². The van der Waals surface area contributed by atoms with E-state index in [2.05, 4.69) is 25.8 Å². The van der Waals surface area contributed by atoms with Gasteiger partial charge >= 0.3 is 0 Å². The first kappa shape index (κ1) is 24.2. The molecule has 0 amide bonds. The Labute approximate surface area is 171 Å². The predicted molar refractivity (Wildman–Crippen MR) is 118 cm³/mol. The van der Waals surface area contributed by atoms with Crippen LogP contribution in [0.2, 0.25) is 0 Å². The van der Waals surface area contributed by atoms with E-state index in [0.717, 1.165) is 5.92 Å². The van der Waals surface area contributed by atoms with Crippen molar-refractivity contribution in [1.29, 1.82) is 0 Å². The molecule has 0 saturated heterocycles. The van der Waals surface area contributed by atoms with Crippen LogP contribution in [0.15, 0.2) is 18.3 Å². The summed E-state index contributed by atoms with van der Waals surface area (Å²) >= 11 is 5.22. The van der Waals surface area contributed by atoms with Crippen molar-refractivity contribution in [3.63, 3.8) is 0 Å². The number of nitrogens with one attached hydrogen (secondary N) is 1. The number of unbranched alkanes of at least 4 members (excludes halogenated alkanes) is 6. The zero-order valence-electron chi connectivity index (χ0n) is 17.7. The number of aromatic amines is 1. The van der Waals surface area contributed by atoms with Crippen molar-refractivity contribution in [2.24, 2.45) is 11.8 Å². The number of ether oxygens (including phenoxy) is 1. The quantitative estimate of drug-likeness (QED) is 0.174. The molecule has 1 aromatic rings. The third-order valence-corrected chi connectivity index (χ3v) is 5.51. The lowest BCUT2D eigenvalue weighted by molar-refractivity contribution is -0.0369. The van der Waals surface area contributed by atoms with Crippen LogP contribution < -0.4 is 4.74 Å². The van der Waals surface area contributed by atoms with Gasteiger partial charge in [-0.25, -0.2) is 0 Å². The summed E-state index contributed by atoms with van der Waals surface area (Å²) in [6.07, 6.45) is 15.8. The van der Waals surface area contributed by atoms with E-state index in [0.29, 0.717) is 22.7 Å². The summed E-state index contributed by atoms with van der Waals surface area (Å²) in [5, 5.41) is 10.4. The largest absolute Gasteiger partial charge is 0.462 e. The summed E-state index contributed by atoms with van der Waals surface area (Å²) in [6, 6.07) is 3.66. The number of hydrogen-bond acceptors (Lipinski definition) is 3. The van der Waals surface area contributed by atoms with Crippen molar-refractivity contribution in [2.75, 3.05) is 0 Å². The van der Waals surface area contributed by atoms with Crippen LogP contribution >= 0.6 is 12.2 Å². The highest BCUT2D eigenvalue weighted by Crippen LogP contribution is 2.25. The first-order valence-electron chi connectivity index (χ1n) is 11.0. The first-order chi connectivity index (χ1) is 13.0. The highest BCUT2D eigenvalue weighted by molar-refractivity contribution is 7.71. The molecule has 1 aromatic heterocycles. The van der Waals surface area contributed by atoms with Crippen molar-refractivity contribution in [3.05, 3.63) is 23.0 Å². The van der Waals surface area contributed by atoms with Gasteiger partial charge in [-0.05, 0) is 24.0 Å². The standard InChI is InChI=1S/C23H41NO2S/c1-4-5-6-7-10-14-20(15-11-8-9-13-19(2)3)18-22(25)26-21-16-12-17-24-23(21)27/h12,16-17,19-20,22,25H,4-11,13-15,18H2,1-3H3,(H,24,27). The molecule has 27 heavy (non-hydrogen) atoms. The fraction of sp³-hybridized carbons (Fsp3) is 0.783. The lowest BCUT2D eigenvalue weighted by Gasteiger charge is -2.21. The summed E-state index contributed by atoms with van der Waals surface area (Å²) in [7, 11) is 0. The van der Waals surface area contributed by atoms with Crippen LogP contribution in [0.1, 0.15) is 97.8 Å². The fourth-order valence-electron chi connectivity index (χ4n) is 3.56. The van der Waals surface area contributed by atoms with Gasteiger partial charge < -0.3 is 14.8 Å². The lowest BCUT2D eigenvalue weighted by atomic mass is 9.91. The maximum atomic E-state index is 10.4. The minimum atomic E-state index is -0.779. The van der Waals surface area contributed by atoms with E-state index >= 15 is 0 Å². The van der Waals surface area contributed by atoms with Crippen molar-refractivity contribution in [1.82, 2.24) is 4.98 Å². The van der Waals surface area contributed by atoms with Gasteiger partial charge in [0, 0.05) is 12.6 Å². The number of aliphatic hydroxyl groups is 1. The molecule has 4 heteroatoms. The second kappa shape index (κ2) is 15.1. The van der Waals surface area contributed by atoms with E-state index in [9.17, 15) is 5.11 Å². The molecular weight excluding hydrogens is 354 g/mol. The van der Waals surface area contributed by atoms with Crippen LogP contribution in [0, 0.1) is 16.5 Å². The van der Waals surface area contributed by atoms with Gasteiger partial charge in [-0.3, -0.25) is 0 Å². The van der Waals surface area contributed by atoms with E-state index in [1.165, 1.54) is 70.6 Å². The van der Waals surface area contributed by atoms with Crippen LogP contribution in [-0.4, -0.2) is 16.4 Å². The first-order valence-corrected chi connectivity index (χ1v) is 11.5. The molecule has 1 rings (SSSR count). The second-order valence-electron chi connectivity index (χ2n) is 8.27. The molecule has 0 aliphatic carbocycles. The normalized spacial score (nSPS) is 13.7. The number of pyridine rings is 1. The van der Waals surface area contributed by atoms with Crippen LogP contribution in [0.3, 0.4) is 0 Å². The predicted octanol–water partition coefficient (Wildman–Crippen LogP) is 7.41. The summed E-state index contributed by atoms with van der Waals surface area (Å²) in [5.74, 6) is 1.89. The number of H-pyrrole nitrogens is 1. The van der Waals surface area contributed by atoms with Gasteiger partial charge in [0.15, 0.2) is 12.0 Å². The molecule has 0 saturated carbocycles. The zero-order chi connectivity index (χ0) is 19.9. The van der Waals surface area contributed by atoms with Gasteiger partial charge in [0.05, 0.1) is 0 Å². The highest BCUT2D eigenvalue weighted by atomic mass is 32.1. The van der Waals surface area contributed by atoms with Crippen LogP contribution in [-0.2, 0) is 0 Å². The van der Waals surface area contributed by atoms with Gasteiger partial charge in [-0.2, -0.15) is 0 Å². The van der Waals surface area contributed by atoms with E-state index < -0.39 is 6.29 Å². The maximum Gasteiger partial charge on any atom is 0.197 e. The molecular formula is C23H41NO2S. The van der Waals surface area contributed by atoms with Crippen LogP contribution in [0.5, 0.6) is 5.75 Å². The smallest absolute Gasteiger partial charge is 0.197 e. The number of hydrogen-bond donors (Lipinski definition) is 2. The molecule has 0 bridgehead atoms. The Morgan fingerprint density at radius 1 is 1.00 bits per heavy atom. The van der Waals surface area contributed by atoms with Gasteiger partial charge in [0.25, 0.3) is 0 Å². The Balaban J connectivity index is 2.42. The lowest BCUT2D eigenvalue weighted by Crippen LogP contribution is -2.20. The van der Waals surface area contributed by atoms with Crippen molar-refractivity contribution in [2.45, 2.75) is 104 Å². The average molecular weight is 396 g/mol. The average Bonchev–Trinajstić information content (AvgIpc) is 2.62. The summed E-state index contributed by atoms with van der Waals surface area (Å²) in [5.41, 5.74) is 0. The van der Waals surface area contributed by atoms with E-state index in [1.54, 1.807) is 6.20 Å². The molecule has 2 atom stereocenters. The molecule has 0 aliphatic heterocycles. The highest BCUT2D eigenvalue weighted by Gasteiger charge is 2.16. The SMILES string of the molecule is CCCCCCCC(CCCCCC(C)C)CC(O)Oc1ccc[nH]c1=S. The van der Waals surface area contributed by atoms with Crippen molar-refractivity contribution < 1.29 is 9.84 Å². The summed E-state index contributed by atoms with van der Waals surface area (Å²) in [4.78, 5) is 2.95. The molecule has 0 aromatic carbocycles. The molecule has 0 radical (unpaired) electrons. The molecule has 2 N–H and O–H groups in total. The van der Waals surface area contributed by atoms with Crippen LogP contribution in [0.25, 0.3) is 0 Å². The van der Waals surface area contributed by atoms with Crippen molar-refractivity contribution in [3.8, 4) is 5.75 Å². The number of aromatic nitrogens is 1. The molecule has 156 valence electrons. The van der Waals surface area contributed by atoms with Crippen LogP contribution in [0.4, 0.5) is 0 Å². The minimum absolute atomic E-state index is 0.530. The second-order valence-corrected chi connectivity index (χ2v) is 8.68. The Morgan fingerprint density at radius 3 is 2.26 bits per heavy atom. The van der Waals surface area contributed by atoms with Gasteiger partial charge in [0.2, 0.25) is 0 Å². The zero-order valence-corrected chi connectivity index (χ0v) is 18.5. The number of rotatable bonds is 16. The monoisotopic (exact) mass is 395 g/mol. The maximum absolute atomic E-state index is 10.4. The minimum Gasteiger partial charge on any atom is -0.462 e. The van der Waals surface area contributed by atoms with Crippen molar-refractivity contribution >= 4 is 12.2 Å².